The molecule has 6 rings (SSSR count). The van der Waals surface area contributed by atoms with E-state index in [0.29, 0.717) is 6.04 Å². The topological polar surface area (TPSA) is 73.8 Å². The summed E-state index contributed by atoms with van der Waals surface area (Å²) in [6.45, 7) is 5.41. The van der Waals surface area contributed by atoms with Crippen molar-refractivity contribution in [3.63, 3.8) is 0 Å². The van der Waals surface area contributed by atoms with Gasteiger partial charge in [0.2, 0.25) is 0 Å². The highest BCUT2D eigenvalue weighted by Gasteiger charge is 2.44. The second kappa shape index (κ2) is 6.60. The zero-order chi connectivity index (χ0) is 20.2. The Morgan fingerprint density at radius 3 is 2.77 bits per heavy atom. The van der Waals surface area contributed by atoms with Gasteiger partial charge in [-0.15, -0.1) is 0 Å². The number of nitrogens with one attached hydrogen (secondary N) is 1. The average molecular weight is 397 g/mol. The molecule has 2 aliphatic rings. The van der Waals surface area contributed by atoms with Crippen molar-refractivity contribution in [2.75, 3.05) is 31.6 Å². The normalized spacial score (nSPS) is 21.1. The Labute approximate surface area is 174 Å². The minimum atomic E-state index is 0.602. The van der Waals surface area contributed by atoms with Gasteiger partial charge in [0.25, 0.3) is 0 Å². The summed E-state index contributed by atoms with van der Waals surface area (Å²) >= 11 is 0. The van der Waals surface area contributed by atoms with Crippen LogP contribution in [0.4, 0.5) is 5.69 Å². The fourth-order valence-corrected chi connectivity index (χ4v) is 4.81. The van der Waals surface area contributed by atoms with Gasteiger partial charge in [-0.25, -0.2) is 4.98 Å². The third-order valence-corrected chi connectivity index (χ3v) is 6.33. The molecular formula is C23H23N7. The van der Waals surface area contributed by atoms with Gasteiger partial charge >= 0.3 is 0 Å². The van der Waals surface area contributed by atoms with E-state index in [9.17, 15) is 0 Å². The van der Waals surface area contributed by atoms with E-state index in [2.05, 4.69) is 43.1 Å². The maximum atomic E-state index is 4.94. The Morgan fingerprint density at radius 1 is 0.967 bits per heavy atom. The number of aryl methyl sites for hydroxylation is 1. The van der Waals surface area contributed by atoms with Crippen LogP contribution in [0.2, 0.25) is 0 Å². The fourth-order valence-electron chi connectivity index (χ4n) is 4.81. The first kappa shape index (κ1) is 17.5. The summed E-state index contributed by atoms with van der Waals surface area (Å²) in [4.78, 5) is 19.1. The molecule has 0 amide bonds. The standard InChI is InChI=1S/C23H23N7/c1-14-4-3-5-20(26-14)23-17(10-25-28-23)18-6-7-19-21(27-18)8-16(9-24-19)30-12-15-11-29(2)13-22(15)30/h3-10,15,22H,11-13H2,1-2H3,(H,25,28). The van der Waals surface area contributed by atoms with E-state index in [1.165, 1.54) is 6.54 Å². The summed E-state index contributed by atoms with van der Waals surface area (Å²) in [6, 6.07) is 12.8. The Bertz CT molecular complexity index is 1250. The van der Waals surface area contributed by atoms with Crippen LogP contribution in [-0.2, 0) is 0 Å². The molecule has 2 saturated heterocycles. The third kappa shape index (κ3) is 2.77. The number of aromatic nitrogens is 5. The summed E-state index contributed by atoms with van der Waals surface area (Å²) < 4.78 is 0. The van der Waals surface area contributed by atoms with E-state index in [1.807, 2.05) is 49.6 Å². The Kier molecular flexibility index (Phi) is 3.86. The van der Waals surface area contributed by atoms with Crippen molar-refractivity contribution in [1.82, 2.24) is 30.0 Å². The number of hydrogen-bond acceptors (Lipinski definition) is 6. The van der Waals surface area contributed by atoms with Crippen molar-refractivity contribution in [2.24, 2.45) is 5.92 Å². The Balaban J connectivity index is 1.37. The SMILES string of the molecule is Cc1cccc(-c2[nH]ncc2-c2ccc3ncc(N4CC5CN(C)CC54)cc3n2)n1. The van der Waals surface area contributed by atoms with Crippen molar-refractivity contribution in [3.8, 4) is 22.6 Å². The smallest absolute Gasteiger partial charge is 0.0928 e. The molecule has 150 valence electrons. The van der Waals surface area contributed by atoms with Crippen molar-refractivity contribution in [2.45, 2.75) is 13.0 Å². The van der Waals surface area contributed by atoms with Crippen LogP contribution in [0.25, 0.3) is 33.7 Å². The maximum Gasteiger partial charge on any atom is 0.0928 e. The first-order valence-corrected chi connectivity index (χ1v) is 10.4. The van der Waals surface area contributed by atoms with Gasteiger partial charge in [0.05, 0.1) is 46.2 Å². The predicted molar refractivity (Wildman–Crippen MR) is 117 cm³/mol. The number of hydrogen-bond donors (Lipinski definition) is 1. The van der Waals surface area contributed by atoms with E-state index >= 15 is 0 Å². The van der Waals surface area contributed by atoms with Gasteiger partial charge in [0.1, 0.15) is 0 Å². The predicted octanol–water partition coefficient (Wildman–Crippen LogP) is 3.14. The molecule has 0 bridgehead atoms. The number of nitrogens with zero attached hydrogens (tertiary/aromatic N) is 6. The molecule has 1 N–H and O–H groups in total. The first-order chi connectivity index (χ1) is 14.7. The number of rotatable bonds is 3. The highest BCUT2D eigenvalue weighted by molar-refractivity contribution is 5.84. The number of aromatic amines is 1. The summed E-state index contributed by atoms with van der Waals surface area (Å²) in [7, 11) is 2.20. The van der Waals surface area contributed by atoms with Crippen LogP contribution in [0.5, 0.6) is 0 Å². The van der Waals surface area contributed by atoms with E-state index in [4.69, 9.17) is 4.98 Å². The van der Waals surface area contributed by atoms with Crippen LogP contribution in [0, 0.1) is 12.8 Å². The second-order valence-corrected chi connectivity index (χ2v) is 8.45. The lowest BCUT2D eigenvalue weighted by Crippen LogP contribution is -2.55. The zero-order valence-electron chi connectivity index (χ0n) is 17.1. The summed E-state index contributed by atoms with van der Waals surface area (Å²) in [5.74, 6) is 0.778. The lowest BCUT2D eigenvalue weighted by molar-refractivity contribution is 0.361. The van der Waals surface area contributed by atoms with Gasteiger partial charge in [0.15, 0.2) is 0 Å². The number of H-pyrrole nitrogens is 1. The van der Waals surface area contributed by atoms with Gasteiger partial charge in [0, 0.05) is 42.9 Å². The van der Waals surface area contributed by atoms with Crippen molar-refractivity contribution in [3.05, 3.63) is 54.5 Å². The molecule has 2 fully saturated rings. The molecule has 2 aliphatic heterocycles. The lowest BCUT2D eigenvalue weighted by Gasteiger charge is -2.45. The molecule has 0 saturated carbocycles. The molecule has 2 atom stereocenters. The van der Waals surface area contributed by atoms with Crippen LogP contribution in [0.15, 0.2) is 48.8 Å². The molecule has 4 aromatic rings. The molecule has 7 heteroatoms. The molecule has 6 heterocycles. The minimum absolute atomic E-state index is 0.602. The van der Waals surface area contributed by atoms with Crippen LogP contribution in [-0.4, -0.2) is 62.8 Å². The van der Waals surface area contributed by atoms with Gasteiger partial charge in [-0.3, -0.25) is 15.1 Å². The second-order valence-electron chi connectivity index (χ2n) is 8.45. The van der Waals surface area contributed by atoms with Gasteiger partial charge in [-0.2, -0.15) is 5.10 Å². The Hall–Kier alpha value is -3.32. The molecule has 0 aromatic carbocycles. The van der Waals surface area contributed by atoms with Crippen LogP contribution in [0.3, 0.4) is 0 Å². The quantitative estimate of drug-likeness (QED) is 0.573. The van der Waals surface area contributed by atoms with Crippen molar-refractivity contribution >= 4 is 16.7 Å². The van der Waals surface area contributed by atoms with E-state index in [0.717, 1.165) is 64.1 Å². The minimum Gasteiger partial charge on any atom is -0.365 e. The number of anilines is 1. The molecule has 30 heavy (non-hydrogen) atoms. The summed E-state index contributed by atoms with van der Waals surface area (Å²) in [5, 5.41) is 7.35. The van der Waals surface area contributed by atoms with E-state index < -0.39 is 0 Å². The fraction of sp³-hybridized carbons (Fsp3) is 0.304. The Morgan fingerprint density at radius 2 is 1.90 bits per heavy atom. The third-order valence-electron chi connectivity index (χ3n) is 6.33. The van der Waals surface area contributed by atoms with Gasteiger partial charge in [-0.1, -0.05) is 6.07 Å². The highest BCUT2D eigenvalue weighted by Crippen LogP contribution is 2.36. The highest BCUT2D eigenvalue weighted by atomic mass is 15.3. The van der Waals surface area contributed by atoms with Crippen molar-refractivity contribution < 1.29 is 0 Å². The lowest BCUT2D eigenvalue weighted by atomic mass is 9.91. The molecule has 7 nitrogen and oxygen atoms in total. The van der Waals surface area contributed by atoms with Gasteiger partial charge < -0.3 is 9.80 Å². The largest absolute Gasteiger partial charge is 0.365 e. The molecular weight excluding hydrogens is 374 g/mol. The van der Waals surface area contributed by atoms with E-state index in [1.54, 1.807) is 0 Å². The maximum absolute atomic E-state index is 4.94. The molecule has 2 unspecified atom stereocenters. The molecule has 0 aliphatic carbocycles. The van der Waals surface area contributed by atoms with Crippen LogP contribution >= 0.6 is 0 Å². The van der Waals surface area contributed by atoms with Crippen molar-refractivity contribution in [1.29, 1.82) is 0 Å². The molecule has 0 radical (unpaired) electrons. The number of likely N-dealkylation sites (tertiary alicyclic amines) is 1. The van der Waals surface area contributed by atoms with Crippen LogP contribution in [0.1, 0.15) is 5.69 Å². The summed E-state index contributed by atoms with van der Waals surface area (Å²) in [6.07, 6.45) is 3.80. The van der Waals surface area contributed by atoms with Crippen LogP contribution < -0.4 is 4.90 Å². The number of likely N-dealkylation sites (N-methyl/N-ethyl adjacent to an activating group) is 1. The van der Waals surface area contributed by atoms with E-state index in [-0.39, 0.29) is 0 Å². The molecule has 0 spiro atoms. The zero-order valence-corrected chi connectivity index (χ0v) is 17.1. The number of fused-ring (bicyclic) bond motifs is 2. The summed E-state index contributed by atoms with van der Waals surface area (Å²) in [5.41, 5.74) is 7.51. The number of pyridine rings is 3. The first-order valence-electron chi connectivity index (χ1n) is 10.4. The van der Waals surface area contributed by atoms with Gasteiger partial charge in [-0.05, 0) is 44.3 Å². The monoisotopic (exact) mass is 397 g/mol. The average Bonchev–Trinajstić information content (AvgIpc) is 3.34. The molecule has 4 aromatic heterocycles.